The summed E-state index contributed by atoms with van der Waals surface area (Å²) in [5.41, 5.74) is 11.7. The highest BCUT2D eigenvalue weighted by molar-refractivity contribution is 5.82. The minimum absolute atomic E-state index is 0.0420. The Kier molecular flexibility index (Phi) is 7.48. The van der Waals surface area contributed by atoms with E-state index in [1.165, 1.54) is 21.9 Å². The maximum atomic E-state index is 13.4. The minimum Gasteiger partial charge on any atom is -0.410 e. The molecule has 3 aromatic rings. The molecular formula is C25H25F2N7O6. The van der Waals surface area contributed by atoms with Gasteiger partial charge in [0.15, 0.2) is 35.4 Å². The number of nitrogens with two attached hydrogens (primary N) is 2. The number of ether oxygens (including phenoxy) is 2. The van der Waals surface area contributed by atoms with Crippen LogP contribution in [0.3, 0.4) is 0 Å². The summed E-state index contributed by atoms with van der Waals surface area (Å²) in [5.74, 6) is 3.08. The number of nitrogen functional groups attached to an aromatic ring is 1. The number of rotatable bonds is 4. The van der Waals surface area contributed by atoms with Crippen LogP contribution in [-0.2, 0) is 9.53 Å². The monoisotopic (exact) mass is 557 g/mol. The van der Waals surface area contributed by atoms with Gasteiger partial charge in [-0.1, -0.05) is 5.92 Å². The van der Waals surface area contributed by atoms with Gasteiger partial charge in [-0.3, -0.25) is 9.36 Å². The molecule has 0 spiro atoms. The van der Waals surface area contributed by atoms with Crippen molar-refractivity contribution in [1.29, 1.82) is 0 Å². The topological polar surface area (TPSA) is 192 Å². The van der Waals surface area contributed by atoms with E-state index in [0.29, 0.717) is 32.4 Å². The van der Waals surface area contributed by atoms with Gasteiger partial charge in [-0.15, -0.1) is 0 Å². The van der Waals surface area contributed by atoms with Crippen LogP contribution in [0, 0.1) is 29.4 Å². The summed E-state index contributed by atoms with van der Waals surface area (Å²) >= 11 is 0. The first-order chi connectivity index (χ1) is 19.1. The molecule has 0 saturated carbocycles. The van der Waals surface area contributed by atoms with E-state index in [9.17, 15) is 28.6 Å². The first kappa shape index (κ1) is 27.2. The Morgan fingerprint density at radius 3 is 2.58 bits per heavy atom. The number of nitrogens with zero attached hydrogens (tertiary/aromatic N) is 5. The number of carbonyl (C=O) groups is 2. The highest BCUT2D eigenvalue weighted by atomic mass is 19.2. The number of hydrogen-bond donors (Lipinski definition) is 4. The summed E-state index contributed by atoms with van der Waals surface area (Å²) in [4.78, 5) is 38.0. The molecule has 5 rings (SSSR count). The van der Waals surface area contributed by atoms with Crippen molar-refractivity contribution in [2.45, 2.75) is 43.8 Å². The smallest absolute Gasteiger partial charge is 0.410 e. The van der Waals surface area contributed by atoms with Gasteiger partial charge in [0.05, 0.1) is 6.33 Å². The van der Waals surface area contributed by atoms with Crippen molar-refractivity contribution in [3.63, 3.8) is 0 Å². The van der Waals surface area contributed by atoms with Gasteiger partial charge in [0.1, 0.15) is 23.5 Å². The normalized spacial score (nSPS) is 23.1. The van der Waals surface area contributed by atoms with Crippen molar-refractivity contribution in [2.75, 3.05) is 18.8 Å². The van der Waals surface area contributed by atoms with Crippen molar-refractivity contribution in [2.24, 2.45) is 11.7 Å². The highest BCUT2D eigenvalue weighted by Crippen LogP contribution is 2.32. The van der Waals surface area contributed by atoms with Crippen LogP contribution in [0.2, 0.25) is 0 Å². The second kappa shape index (κ2) is 11.0. The largest absolute Gasteiger partial charge is 0.415 e. The van der Waals surface area contributed by atoms with Crippen molar-refractivity contribution < 1.29 is 38.1 Å². The van der Waals surface area contributed by atoms with Crippen LogP contribution in [0.5, 0.6) is 5.75 Å². The molecule has 6 N–H and O–H groups in total. The number of halogens is 2. The third kappa shape index (κ3) is 5.37. The first-order valence-corrected chi connectivity index (χ1v) is 12.3. The SMILES string of the molecule is NC(=O)[C@H]1O[C@@H](n2cnc3c(N)nc(C#CCC4CCN(C(=O)Oc5ccc(F)c(F)c5)CC4)nc32)C(O)C1O. The van der Waals surface area contributed by atoms with Crippen LogP contribution in [0.4, 0.5) is 19.4 Å². The lowest BCUT2D eigenvalue weighted by atomic mass is 9.94. The number of primary amides is 1. The number of aliphatic hydroxyl groups is 2. The second-order valence-corrected chi connectivity index (χ2v) is 9.47. The number of benzene rings is 1. The van der Waals surface area contributed by atoms with Crippen molar-refractivity contribution in [3.05, 3.63) is 42.0 Å². The van der Waals surface area contributed by atoms with Gasteiger partial charge in [-0.05, 0) is 36.8 Å². The summed E-state index contributed by atoms with van der Waals surface area (Å²) in [6.45, 7) is 0.816. The number of aliphatic hydroxyl groups excluding tert-OH is 2. The lowest BCUT2D eigenvalue weighted by molar-refractivity contribution is -0.134. The molecule has 2 unspecified atom stereocenters. The van der Waals surface area contributed by atoms with Crippen LogP contribution in [0.1, 0.15) is 31.3 Å². The van der Waals surface area contributed by atoms with Crippen molar-refractivity contribution in [1.82, 2.24) is 24.4 Å². The molecule has 40 heavy (non-hydrogen) atoms. The predicted octanol–water partition coefficient (Wildman–Crippen LogP) is 0.444. The van der Waals surface area contributed by atoms with E-state index in [-0.39, 0.29) is 34.5 Å². The Labute approximate surface area is 225 Å². The Hall–Kier alpha value is -4.39. The summed E-state index contributed by atoms with van der Waals surface area (Å²) in [5, 5.41) is 20.5. The first-order valence-electron chi connectivity index (χ1n) is 12.3. The molecule has 0 radical (unpaired) electrons. The van der Waals surface area contributed by atoms with Gasteiger partial charge in [-0.25, -0.2) is 28.5 Å². The number of piperidine rings is 1. The maximum Gasteiger partial charge on any atom is 0.415 e. The maximum absolute atomic E-state index is 13.4. The molecule has 13 nitrogen and oxygen atoms in total. The average molecular weight is 558 g/mol. The van der Waals surface area contributed by atoms with E-state index < -0.39 is 48.2 Å². The van der Waals surface area contributed by atoms with Crippen molar-refractivity contribution >= 4 is 29.0 Å². The summed E-state index contributed by atoms with van der Waals surface area (Å²) in [7, 11) is 0. The molecule has 4 atom stereocenters. The molecule has 0 bridgehead atoms. The number of imidazole rings is 1. The fourth-order valence-corrected chi connectivity index (χ4v) is 4.60. The van der Waals surface area contributed by atoms with Crippen LogP contribution < -0.4 is 16.2 Å². The Morgan fingerprint density at radius 2 is 1.90 bits per heavy atom. The third-order valence-electron chi connectivity index (χ3n) is 6.80. The Morgan fingerprint density at radius 1 is 1.15 bits per heavy atom. The van der Waals surface area contributed by atoms with Crippen LogP contribution in [0.15, 0.2) is 24.5 Å². The van der Waals surface area contributed by atoms with Crippen LogP contribution >= 0.6 is 0 Å². The molecule has 2 aliphatic rings. The van der Waals surface area contributed by atoms with E-state index in [4.69, 9.17) is 20.9 Å². The fourth-order valence-electron chi connectivity index (χ4n) is 4.60. The number of anilines is 1. The van der Waals surface area contributed by atoms with E-state index >= 15 is 0 Å². The van der Waals surface area contributed by atoms with Crippen molar-refractivity contribution in [3.8, 4) is 17.6 Å². The highest BCUT2D eigenvalue weighted by Gasteiger charge is 2.47. The van der Waals surface area contributed by atoms with Crippen LogP contribution in [0.25, 0.3) is 11.2 Å². The summed E-state index contributed by atoms with van der Waals surface area (Å²) in [6.07, 6.45) is -3.16. The standard InChI is InChI=1S/C25H25F2N7O6/c26-14-5-4-13(10-15(14)27)39-25(38)33-8-6-12(7-9-33)2-1-3-16-31-21(28)17-23(32-16)34(11-30-17)24-19(36)18(35)20(40-24)22(29)37/h4-5,10-12,18-20,24,35-36H,2,6-9H2,(H2,29,37)(H2,28,31,32)/t18?,19?,20-,24+/m0/s1. The molecule has 2 fully saturated rings. The lowest BCUT2D eigenvalue weighted by Gasteiger charge is -2.30. The molecule has 15 heteroatoms. The number of aromatic nitrogens is 4. The summed E-state index contributed by atoms with van der Waals surface area (Å²) in [6, 6.07) is 2.89. The van der Waals surface area contributed by atoms with Gasteiger partial charge in [-0.2, -0.15) is 0 Å². The number of amides is 2. The molecule has 2 aliphatic heterocycles. The van der Waals surface area contributed by atoms with Gasteiger partial charge in [0, 0.05) is 25.6 Å². The minimum atomic E-state index is -1.53. The zero-order chi connectivity index (χ0) is 28.6. The lowest BCUT2D eigenvalue weighted by Crippen LogP contribution is -2.40. The number of fused-ring (bicyclic) bond motifs is 1. The average Bonchev–Trinajstić information content (AvgIpc) is 3.47. The second-order valence-electron chi connectivity index (χ2n) is 9.47. The van der Waals surface area contributed by atoms with E-state index in [0.717, 1.165) is 12.1 Å². The molecule has 210 valence electrons. The molecule has 2 saturated heterocycles. The van der Waals surface area contributed by atoms with E-state index in [1.54, 1.807) is 0 Å². The zero-order valence-electron chi connectivity index (χ0n) is 20.9. The molecule has 4 heterocycles. The van der Waals surface area contributed by atoms with Gasteiger partial charge in [0.2, 0.25) is 11.7 Å². The third-order valence-corrected chi connectivity index (χ3v) is 6.80. The molecule has 0 aliphatic carbocycles. The fraction of sp³-hybridized carbons (Fsp3) is 0.400. The molecular weight excluding hydrogens is 532 g/mol. The predicted molar refractivity (Wildman–Crippen MR) is 133 cm³/mol. The number of hydrogen-bond acceptors (Lipinski definition) is 10. The van der Waals surface area contributed by atoms with E-state index in [2.05, 4.69) is 26.8 Å². The van der Waals surface area contributed by atoms with Gasteiger partial charge in [0.25, 0.3) is 0 Å². The van der Waals surface area contributed by atoms with E-state index in [1.807, 2.05) is 0 Å². The summed E-state index contributed by atoms with van der Waals surface area (Å²) < 4.78 is 38.3. The van der Waals surface area contributed by atoms with Gasteiger partial charge >= 0.3 is 6.09 Å². The molecule has 1 aromatic carbocycles. The Balaban J connectivity index is 1.21. The zero-order valence-corrected chi connectivity index (χ0v) is 20.9. The molecule has 2 aromatic heterocycles. The molecule has 2 amide bonds. The number of carbonyl (C=O) groups excluding carboxylic acids is 2. The quantitative estimate of drug-likeness (QED) is 0.327. The van der Waals surface area contributed by atoms with Gasteiger partial charge < -0.3 is 36.1 Å². The Bertz CT molecular complexity index is 1510. The van der Waals surface area contributed by atoms with Crippen LogP contribution in [-0.4, -0.2) is 78.0 Å². The number of likely N-dealkylation sites (tertiary alicyclic amines) is 1.